The summed E-state index contributed by atoms with van der Waals surface area (Å²) in [7, 11) is 1.61. The molecule has 1 aromatic carbocycles. The number of nitrogens with zero attached hydrogens (tertiary/aromatic N) is 2. The van der Waals surface area contributed by atoms with Crippen molar-refractivity contribution in [2.24, 2.45) is 4.99 Å². The number of ether oxygens (including phenoxy) is 3. The molecule has 0 amide bonds. The third-order valence-corrected chi connectivity index (χ3v) is 3.73. The molecule has 2 N–H and O–H groups in total. The zero-order chi connectivity index (χ0) is 20.9. The van der Waals surface area contributed by atoms with E-state index in [1.54, 1.807) is 37.6 Å². The van der Waals surface area contributed by atoms with Crippen molar-refractivity contribution in [3.63, 3.8) is 0 Å². The molecule has 7 nitrogen and oxygen atoms in total. The highest BCUT2D eigenvalue weighted by Gasteiger charge is 2.09. The number of rotatable bonds is 11. The summed E-state index contributed by atoms with van der Waals surface area (Å²) in [6, 6.07) is 10.3. The highest BCUT2D eigenvalue weighted by molar-refractivity contribution is 14.0. The van der Waals surface area contributed by atoms with Crippen LogP contribution in [0.2, 0.25) is 0 Å². The summed E-state index contributed by atoms with van der Waals surface area (Å²) in [5, 5.41) is 6.24. The number of benzene rings is 1. The molecule has 0 saturated carbocycles. The fourth-order valence-corrected chi connectivity index (χ4v) is 2.37. The lowest BCUT2D eigenvalue weighted by Gasteiger charge is -2.14. The number of halogens is 3. The van der Waals surface area contributed by atoms with Gasteiger partial charge in [-0.05, 0) is 18.6 Å². The van der Waals surface area contributed by atoms with Crippen LogP contribution in [-0.2, 0) is 17.8 Å². The maximum Gasteiger partial charge on any atom is 0.387 e. The Kier molecular flexibility index (Phi) is 12.7. The van der Waals surface area contributed by atoms with E-state index in [4.69, 9.17) is 9.47 Å². The highest BCUT2D eigenvalue weighted by Crippen LogP contribution is 2.19. The molecule has 0 atom stereocenters. The van der Waals surface area contributed by atoms with Crippen LogP contribution in [0.5, 0.6) is 11.6 Å². The van der Waals surface area contributed by atoms with Crippen LogP contribution in [0.1, 0.15) is 18.1 Å². The van der Waals surface area contributed by atoms with Crippen molar-refractivity contribution in [2.75, 3.05) is 26.9 Å². The molecule has 2 rings (SSSR count). The third kappa shape index (κ3) is 9.53. The Morgan fingerprint density at radius 1 is 1.13 bits per heavy atom. The van der Waals surface area contributed by atoms with E-state index in [9.17, 15) is 8.78 Å². The first-order valence-electron chi connectivity index (χ1n) is 9.24. The molecule has 0 saturated heterocycles. The molecule has 30 heavy (non-hydrogen) atoms. The second kappa shape index (κ2) is 14.7. The average Bonchev–Trinajstić information content (AvgIpc) is 2.72. The summed E-state index contributed by atoms with van der Waals surface area (Å²) in [6.07, 6.45) is 1.70. The van der Waals surface area contributed by atoms with E-state index in [1.165, 1.54) is 6.07 Å². The molecule has 10 heteroatoms. The second-order valence-electron chi connectivity index (χ2n) is 5.88. The van der Waals surface area contributed by atoms with Crippen molar-refractivity contribution in [1.82, 2.24) is 15.6 Å². The predicted molar refractivity (Wildman–Crippen MR) is 122 cm³/mol. The number of pyridine rings is 1. The normalized spacial score (nSPS) is 11.0. The third-order valence-electron chi connectivity index (χ3n) is 3.73. The van der Waals surface area contributed by atoms with E-state index >= 15 is 0 Å². The summed E-state index contributed by atoms with van der Waals surface area (Å²) in [5.41, 5.74) is 1.51. The lowest BCUT2D eigenvalue weighted by Crippen LogP contribution is -2.36. The minimum absolute atomic E-state index is 0. The molecule has 1 aromatic heterocycles. The van der Waals surface area contributed by atoms with Crippen LogP contribution in [-0.4, -0.2) is 44.4 Å². The number of para-hydroxylation sites is 1. The van der Waals surface area contributed by atoms with Gasteiger partial charge in [0.05, 0.1) is 13.2 Å². The Bertz CT molecular complexity index is 764. The first-order chi connectivity index (χ1) is 14.1. The fraction of sp³-hybridized carbons (Fsp3) is 0.400. The van der Waals surface area contributed by atoms with Gasteiger partial charge in [-0.2, -0.15) is 8.78 Å². The Morgan fingerprint density at radius 2 is 1.93 bits per heavy atom. The Labute approximate surface area is 192 Å². The number of aromatic nitrogens is 1. The SMILES string of the molecule is CCNC(=NCc1ccc(OCCOC)nc1)NCc1ccccc1OC(F)F.I. The van der Waals surface area contributed by atoms with Gasteiger partial charge in [0.2, 0.25) is 5.88 Å². The number of guanidine groups is 1. The Morgan fingerprint density at radius 3 is 2.60 bits per heavy atom. The van der Waals surface area contributed by atoms with Crippen LogP contribution in [0.3, 0.4) is 0 Å². The minimum atomic E-state index is -2.87. The van der Waals surface area contributed by atoms with Crippen molar-refractivity contribution >= 4 is 29.9 Å². The van der Waals surface area contributed by atoms with E-state index in [0.717, 1.165) is 5.56 Å². The molecule has 0 bridgehead atoms. The van der Waals surface area contributed by atoms with Crippen molar-refractivity contribution in [2.45, 2.75) is 26.6 Å². The maximum absolute atomic E-state index is 12.5. The average molecular weight is 536 g/mol. The smallest absolute Gasteiger partial charge is 0.387 e. The van der Waals surface area contributed by atoms with Crippen LogP contribution in [0, 0.1) is 0 Å². The minimum Gasteiger partial charge on any atom is -0.475 e. The first kappa shape index (κ1) is 25.8. The summed E-state index contributed by atoms with van der Waals surface area (Å²) >= 11 is 0. The van der Waals surface area contributed by atoms with Crippen LogP contribution in [0.15, 0.2) is 47.6 Å². The summed E-state index contributed by atoms with van der Waals surface area (Å²) in [4.78, 5) is 8.73. The van der Waals surface area contributed by atoms with Crippen molar-refractivity contribution < 1.29 is 23.0 Å². The Balaban J connectivity index is 0.00000450. The monoisotopic (exact) mass is 536 g/mol. The van der Waals surface area contributed by atoms with Gasteiger partial charge in [0.15, 0.2) is 5.96 Å². The van der Waals surface area contributed by atoms with Crippen LogP contribution < -0.4 is 20.1 Å². The predicted octanol–water partition coefficient (Wildman–Crippen LogP) is 3.58. The summed E-state index contributed by atoms with van der Waals surface area (Å²) < 4.78 is 40.0. The van der Waals surface area contributed by atoms with Gasteiger partial charge in [-0.1, -0.05) is 24.3 Å². The number of hydrogen-bond acceptors (Lipinski definition) is 5. The van der Waals surface area contributed by atoms with E-state index < -0.39 is 6.61 Å². The van der Waals surface area contributed by atoms with Gasteiger partial charge in [-0.15, -0.1) is 24.0 Å². The van der Waals surface area contributed by atoms with Crippen molar-refractivity contribution in [1.29, 1.82) is 0 Å². The zero-order valence-corrected chi connectivity index (χ0v) is 19.3. The van der Waals surface area contributed by atoms with Crippen molar-refractivity contribution in [3.05, 3.63) is 53.7 Å². The van der Waals surface area contributed by atoms with E-state index in [0.29, 0.717) is 50.3 Å². The van der Waals surface area contributed by atoms with E-state index in [2.05, 4.69) is 25.3 Å². The van der Waals surface area contributed by atoms with Gasteiger partial charge in [0, 0.05) is 38.0 Å². The lowest BCUT2D eigenvalue weighted by atomic mass is 10.2. The van der Waals surface area contributed by atoms with E-state index in [1.807, 2.05) is 13.0 Å². The molecule has 0 spiro atoms. The summed E-state index contributed by atoms with van der Waals surface area (Å²) in [5.74, 6) is 1.22. The maximum atomic E-state index is 12.5. The molecule has 1 heterocycles. The van der Waals surface area contributed by atoms with Crippen molar-refractivity contribution in [3.8, 4) is 11.6 Å². The number of alkyl halides is 2. The topological polar surface area (TPSA) is 77.0 Å². The molecule has 2 aromatic rings. The van der Waals surface area contributed by atoms with Gasteiger partial charge in [-0.3, -0.25) is 0 Å². The largest absolute Gasteiger partial charge is 0.475 e. The quantitative estimate of drug-likeness (QED) is 0.198. The van der Waals surface area contributed by atoms with Gasteiger partial charge in [-0.25, -0.2) is 9.98 Å². The Hall–Kier alpha value is -2.21. The highest BCUT2D eigenvalue weighted by atomic mass is 127. The zero-order valence-electron chi connectivity index (χ0n) is 16.9. The molecule has 0 aliphatic heterocycles. The molecular formula is C20H27F2IN4O3. The molecule has 166 valence electrons. The second-order valence-corrected chi connectivity index (χ2v) is 5.88. The molecule has 0 aliphatic carbocycles. The van der Waals surface area contributed by atoms with Gasteiger partial charge in [0.1, 0.15) is 12.4 Å². The van der Waals surface area contributed by atoms with Crippen LogP contribution >= 0.6 is 24.0 Å². The molecule has 0 unspecified atom stereocenters. The van der Waals surface area contributed by atoms with Gasteiger partial charge < -0.3 is 24.8 Å². The van der Waals surface area contributed by atoms with Crippen LogP contribution in [0.4, 0.5) is 8.78 Å². The first-order valence-corrected chi connectivity index (χ1v) is 9.24. The van der Waals surface area contributed by atoms with Gasteiger partial charge >= 0.3 is 6.61 Å². The number of nitrogens with one attached hydrogen (secondary N) is 2. The molecular weight excluding hydrogens is 509 g/mol. The molecule has 0 radical (unpaired) electrons. The number of aliphatic imine (C=N–C) groups is 1. The lowest BCUT2D eigenvalue weighted by molar-refractivity contribution is -0.0504. The van der Waals surface area contributed by atoms with E-state index in [-0.39, 0.29) is 29.7 Å². The van der Waals surface area contributed by atoms with Gasteiger partial charge in [0.25, 0.3) is 0 Å². The molecule has 0 aliphatic rings. The number of hydrogen-bond donors (Lipinski definition) is 2. The fourth-order valence-electron chi connectivity index (χ4n) is 2.37. The standard InChI is InChI=1S/C20H26F2N4O3.HI/c1-3-23-20(26-14-16-6-4-5-7-17(16)29-19(21)22)25-13-15-8-9-18(24-12-15)28-11-10-27-2;/h4-9,12,19H,3,10-11,13-14H2,1-2H3,(H2,23,25,26);1H. The molecule has 0 fully saturated rings. The summed E-state index contributed by atoms with van der Waals surface area (Å²) in [6.45, 7) is 1.36. The number of methoxy groups -OCH3 is 1. The van der Waals surface area contributed by atoms with Crippen LogP contribution in [0.25, 0.3) is 0 Å².